The zero-order valence-corrected chi connectivity index (χ0v) is 15.6. The number of anilines is 2. The Morgan fingerprint density at radius 3 is 2.44 bits per heavy atom. The number of nitrogens with zero attached hydrogens (tertiary/aromatic N) is 2. The number of benzene rings is 2. The van der Waals surface area contributed by atoms with Crippen LogP contribution in [-0.2, 0) is 13.0 Å². The highest BCUT2D eigenvalue weighted by Crippen LogP contribution is 2.14. The zero-order chi connectivity index (χ0) is 18.9. The van der Waals surface area contributed by atoms with Gasteiger partial charge in [0.25, 0.3) is 0 Å². The smallest absolute Gasteiger partial charge is 0.224 e. The van der Waals surface area contributed by atoms with Crippen molar-refractivity contribution in [2.75, 3.05) is 31.4 Å². The van der Waals surface area contributed by atoms with Crippen molar-refractivity contribution in [3.63, 3.8) is 0 Å². The number of hydrogen-bond acceptors (Lipinski definition) is 6. The lowest BCUT2D eigenvalue weighted by Gasteiger charge is -2.09. The second kappa shape index (κ2) is 9.43. The first-order valence-electron chi connectivity index (χ1n) is 8.83. The molecular formula is C21H24N4O2. The maximum Gasteiger partial charge on any atom is 0.224 e. The molecule has 0 aliphatic rings. The van der Waals surface area contributed by atoms with Crippen LogP contribution in [0.3, 0.4) is 0 Å². The van der Waals surface area contributed by atoms with Crippen molar-refractivity contribution in [1.82, 2.24) is 9.97 Å². The fourth-order valence-electron chi connectivity index (χ4n) is 2.63. The molecule has 6 heteroatoms. The van der Waals surface area contributed by atoms with Gasteiger partial charge in [0.15, 0.2) is 0 Å². The van der Waals surface area contributed by atoms with Crippen LogP contribution in [0.1, 0.15) is 11.1 Å². The molecule has 140 valence electrons. The van der Waals surface area contributed by atoms with E-state index in [1.54, 1.807) is 20.4 Å². The quantitative estimate of drug-likeness (QED) is 0.603. The molecule has 0 aliphatic heterocycles. The normalized spacial score (nSPS) is 10.3. The Morgan fingerprint density at radius 2 is 1.67 bits per heavy atom. The van der Waals surface area contributed by atoms with E-state index in [1.807, 2.05) is 48.5 Å². The topological polar surface area (TPSA) is 68.3 Å². The van der Waals surface area contributed by atoms with Crippen LogP contribution in [0.15, 0.2) is 60.8 Å². The molecule has 0 radical (unpaired) electrons. The Bertz CT molecular complexity index is 853. The summed E-state index contributed by atoms with van der Waals surface area (Å²) in [6.45, 7) is 1.43. The van der Waals surface area contributed by atoms with Gasteiger partial charge < -0.3 is 20.1 Å². The average molecular weight is 364 g/mol. The first kappa shape index (κ1) is 18.5. The molecule has 3 aromatic rings. The molecule has 3 rings (SSSR count). The second-order valence-corrected chi connectivity index (χ2v) is 6.00. The highest BCUT2D eigenvalue weighted by molar-refractivity contribution is 5.40. The van der Waals surface area contributed by atoms with Gasteiger partial charge in [-0.3, -0.25) is 0 Å². The summed E-state index contributed by atoms with van der Waals surface area (Å²) in [5.74, 6) is 3.11. The number of aromatic nitrogens is 2. The van der Waals surface area contributed by atoms with Crippen LogP contribution < -0.4 is 20.1 Å². The Kier molecular flexibility index (Phi) is 6.46. The molecule has 1 heterocycles. The van der Waals surface area contributed by atoms with Crippen molar-refractivity contribution in [1.29, 1.82) is 0 Å². The van der Waals surface area contributed by atoms with Crippen molar-refractivity contribution < 1.29 is 9.47 Å². The summed E-state index contributed by atoms with van der Waals surface area (Å²) in [5.41, 5.74) is 2.35. The van der Waals surface area contributed by atoms with Crippen LogP contribution in [0, 0.1) is 0 Å². The fraction of sp³-hybridized carbons (Fsp3) is 0.238. The van der Waals surface area contributed by atoms with Crippen molar-refractivity contribution in [3.05, 3.63) is 71.9 Å². The summed E-state index contributed by atoms with van der Waals surface area (Å²) in [7, 11) is 3.34. The van der Waals surface area contributed by atoms with E-state index in [1.165, 1.54) is 5.56 Å². The molecule has 0 fully saturated rings. The standard InChI is InChI=1S/C21H24N4O2/c1-26-18-8-6-17(7-9-18)15-24-21-23-13-11-20(25-21)22-12-10-16-4-3-5-19(14-16)27-2/h3-9,11,13-14H,10,12,15H2,1-2H3,(H2,22,23,24,25). The first-order chi connectivity index (χ1) is 13.3. The maximum absolute atomic E-state index is 5.26. The lowest BCUT2D eigenvalue weighted by atomic mass is 10.1. The summed E-state index contributed by atoms with van der Waals surface area (Å²) in [6, 6.07) is 17.9. The summed E-state index contributed by atoms with van der Waals surface area (Å²) in [4.78, 5) is 8.78. The predicted molar refractivity (Wildman–Crippen MR) is 108 cm³/mol. The van der Waals surface area contributed by atoms with Crippen LogP contribution in [-0.4, -0.2) is 30.7 Å². The SMILES string of the molecule is COc1ccc(CNc2nccc(NCCc3cccc(OC)c3)n2)cc1. The van der Waals surface area contributed by atoms with E-state index in [2.05, 4.69) is 26.7 Å². The van der Waals surface area contributed by atoms with Gasteiger partial charge in [-0.1, -0.05) is 24.3 Å². The third kappa shape index (κ3) is 5.60. The first-order valence-corrected chi connectivity index (χ1v) is 8.83. The third-order valence-electron chi connectivity index (χ3n) is 4.12. The molecule has 0 amide bonds. The molecule has 0 saturated carbocycles. The molecule has 27 heavy (non-hydrogen) atoms. The van der Waals surface area contributed by atoms with Crippen molar-refractivity contribution in [2.45, 2.75) is 13.0 Å². The molecule has 0 aliphatic carbocycles. The van der Waals surface area contributed by atoms with E-state index in [4.69, 9.17) is 9.47 Å². The van der Waals surface area contributed by atoms with Crippen LogP contribution in [0.4, 0.5) is 11.8 Å². The third-order valence-corrected chi connectivity index (χ3v) is 4.12. The highest BCUT2D eigenvalue weighted by atomic mass is 16.5. The molecule has 0 unspecified atom stereocenters. The van der Waals surface area contributed by atoms with Crippen molar-refractivity contribution >= 4 is 11.8 Å². The lowest BCUT2D eigenvalue weighted by molar-refractivity contribution is 0.414. The second-order valence-electron chi connectivity index (χ2n) is 6.00. The average Bonchev–Trinajstić information content (AvgIpc) is 2.73. The van der Waals surface area contributed by atoms with E-state index >= 15 is 0 Å². The van der Waals surface area contributed by atoms with Gasteiger partial charge in [-0.15, -0.1) is 0 Å². The van der Waals surface area contributed by atoms with E-state index in [9.17, 15) is 0 Å². The van der Waals surface area contributed by atoms with Crippen LogP contribution in [0.2, 0.25) is 0 Å². The zero-order valence-electron chi connectivity index (χ0n) is 15.6. The molecule has 0 saturated heterocycles. The Balaban J connectivity index is 1.50. The number of ether oxygens (including phenoxy) is 2. The van der Waals surface area contributed by atoms with Crippen LogP contribution in [0.5, 0.6) is 11.5 Å². The van der Waals surface area contributed by atoms with Crippen molar-refractivity contribution in [3.8, 4) is 11.5 Å². The largest absolute Gasteiger partial charge is 0.497 e. The number of hydrogen-bond donors (Lipinski definition) is 2. The van der Waals surface area contributed by atoms with Gasteiger partial charge in [0.1, 0.15) is 17.3 Å². The summed E-state index contributed by atoms with van der Waals surface area (Å²) < 4.78 is 10.4. The molecule has 1 aromatic heterocycles. The van der Waals surface area contributed by atoms with Gasteiger partial charge in [-0.2, -0.15) is 4.98 Å². The minimum atomic E-state index is 0.595. The van der Waals surface area contributed by atoms with Gasteiger partial charge in [0, 0.05) is 19.3 Å². The van der Waals surface area contributed by atoms with E-state index in [0.717, 1.165) is 35.8 Å². The van der Waals surface area contributed by atoms with Gasteiger partial charge >= 0.3 is 0 Å². The number of methoxy groups -OCH3 is 2. The minimum absolute atomic E-state index is 0.595. The van der Waals surface area contributed by atoms with Gasteiger partial charge in [-0.25, -0.2) is 4.98 Å². The van der Waals surface area contributed by atoms with E-state index < -0.39 is 0 Å². The molecule has 0 atom stereocenters. The lowest BCUT2D eigenvalue weighted by Crippen LogP contribution is -2.09. The predicted octanol–water partition coefficient (Wildman–Crippen LogP) is 3.76. The monoisotopic (exact) mass is 364 g/mol. The maximum atomic E-state index is 5.26. The summed E-state index contributed by atoms with van der Waals surface area (Å²) in [5, 5.41) is 6.58. The fourth-order valence-corrected chi connectivity index (χ4v) is 2.63. The van der Waals surface area contributed by atoms with Crippen molar-refractivity contribution in [2.24, 2.45) is 0 Å². The van der Waals surface area contributed by atoms with E-state index in [-0.39, 0.29) is 0 Å². The minimum Gasteiger partial charge on any atom is -0.497 e. The molecular weight excluding hydrogens is 340 g/mol. The summed E-state index contributed by atoms with van der Waals surface area (Å²) >= 11 is 0. The number of rotatable bonds is 9. The van der Waals surface area contributed by atoms with Gasteiger partial charge in [0.2, 0.25) is 5.95 Å². The van der Waals surface area contributed by atoms with Gasteiger partial charge in [0.05, 0.1) is 14.2 Å². The molecule has 0 bridgehead atoms. The Labute approximate surface area is 159 Å². The van der Waals surface area contributed by atoms with Crippen LogP contribution in [0.25, 0.3) is 0 Å². The molecule has 2 aromatic carbocycles. The Morgan fingerprint density at radius 1 is 0.852 bits per heavy atom. The van der Waals surface area contributed by atoms with E-state index in [0.29, 0.717) is 12.5 Å². The van der Waals surface area contributed by atoms with Crippen LogP contribution >= 0.6 is 0 Å². The highest BCUT2D eigenvalue weighted by Gasteiger charge is 2.01. The molecule has 0 spiro atoms. The van der Waals surface area contributed by atoms with Gasteiger partial charge in [-0.05, 0) is 47.9 Å². The number of nitrogens with one attached hydrogen (secondary N) is 2. The molecule has 6 nitrogen and oxygen atoms in total. The summed E-state index contributed by atoms with van der Waals surface area (Å²) in [6.07, 6.45) is 2.63. The molecule has 2 N–H and O–H groups in total. The Hall–Kier alpha value is -3.28.